The van der Waals surface area contributed by atoms with Crippen molar-refractivity contribution in [1.82, 2.24) is 15.5 Å². The Kier molecular flexibility index (Phi) is 8.45. The molecule has 158 valence electrons. The van der Waals surface area contributed by atoms with E-state index in [4.69, 9.17) is 16.3 Å². The van der Waals surface area contributed by atoms with Crippen LogP contribution >= 0.6 is 11.6 Å². The molecule has 2 N–H and O–H groups in total. The Bertz CT molecular complexity index is 745. The fraction of sp³-hybridized carbons (Fsp3) is 0.500. The fourth-order valence-corrected chi connectivity index (χ4v) is 3.00. The number of nitrogens with zero attached hydrogens (tertiary/aromatic N) is 1. The van der Waals surface area contributed by atoms with Crippen molar-refractivity contribution in [3.05, 3.63) is 34.9 Å². The van der Waals surface area contributed by atoms with Crippen LogP contribution in [-0.2, 0) is 14.3 Å². The second-order valence-corrected chi connectivity index (χ2v) is 7.45. The highest BCUT2D eigenvalue weighted by molar-refractivity contribution is 6.30. The maximum atomic E-state index is 12.5. The van der Waals surface area contributed by atoms with Gasteiger partial charge in [-0.05, 0) is 50.5 Å². The highest BCUT2D eigenvalue weighted by Crippen LogP contribution is 2.21. The lowest BCUT2D eigenvalue weighted by atomic mass is 9.96. The van der Waals surface area contributed by atoms with E-state index < -0.39 is 24.5 Å². The molecule has 0 aromatic heterocycles. The number of likely N-dealkylation sites (tertiary alicyclic amines) is 1. The van der Waals surface area contributed by atoms with Crippen molar-refractivity contribution in [3.8, 4) is 0 Å². The zero-order valence-corrected chi connectivity index (χ0v) is 17.3. The van der Waals surface area contributed by atoms with E-state index in [1.807, 2.05) is 13.8 Å². The number of halogens is 1. The molecule has 0 unspecified atom stereocenters. The first-order chi connectivity index (χ1) is 13.8. The van der Waals surface area contributed by atoms with Gasteiger partial charge in [-0.1, -0.05) is 18.5 Å². The smallest absolute Gasteiger partial charge is 0.321 e. The first kappa shape index (κ1) is 22.7. The van der Waals surface area contributed by atoms with Gasteiger partial charge in [-0.3, -0.25) is 19.7 Å². The van der Waals surface area contributed by atoms with E-state index in [0.29, 0.717) is 36.5 Å². The van der Waals surface area contributed by atoms with Gasteiger partial charge in [0.15, 0.2) is 6.61 Å². The predicted octanol–water partition coefficient (Wildman–Crippen LogP) is 2.36. The second kappa shape index (κ2) is 10.8. The third-order valence-corrected chi connectivity index (χ3v) is 5.05. The number of imide groups is 1. The van der Waals surface area contributed by atoms with Gasteiger partial charge in [0.1, 0.15) is 0 Å². The van der Waals surface area contributed by atoms with Crippen LogP contribution < -0.4 is 10.6 Å². The van der Waals surface area contributed by atoms with Gasteiger partial charge in [0.05, 0.1) is 5.92 Å². The lowest BCUT2D eigenvalue weighted by Crippen LogP contribution is -2.45. The van der Waals surface area contributed by atoms with E-state index in [1.165, 1.54) is 0 Å². The molecule has 0 aliphatic carbocycles. The lowest BCUT2D eigenvalue weighted by molar-refractivity contribution is -0.153. The number of piperidine rings is 1. The standard InChI is InChI=1S/C20H26ClN3O5/c1-3-13(2)22-20(28)23-17(25)12-29-19(27)15-8-10-24(11-9-15)18(26)14-4-6-16(21)7-5-14/h4-7,13,15H,3,8-12H2,1-2H3,(H2,22,23,25,28)/t13-/m1/s1. The minimum atomic E-state index is -0.686. The summed E-state index contributed by atoms with van der Waals surface area (Å²) in [5.74, 6) is -1.68. The highest BCUT2D eigenvalue weighted by atomic mass is 35.5. The number of carbonyl (C=O) groups is 4. The van der Waals surface area contributed by atoms with E-state index in [0.717, 1.165) is 6.42 Å². The van der Waals surface area contributed by atoms with Gasteiger partial charge < -0.3 is 15.0 Å². The number of hydrogen-bond donors (Lipinski definition) is 2. The van der Waals surface area contributed by atoms with E-state index >= 15 is 0 Å². The number of esters is 1. The monoisotopic (exact) mass is 423 g/mol. The van der Waals surface area contributed by atoms with Crippen LogP contribution in [0.1, 0.15) is 43.5 Å². The summed E-state index contributed by atoms with van der Waals surface area (Å²) in [5.41, 5.74) is 0.544. The quantitative estimate of drug-likeness (QED) is 0.683. The van der Waals surface area contributed by atoms with Gasteiger partial charge >= 0.3 is 12.0 Å². The third-order valence-electron chi connectivity index (χ3n) is 4.80. The molecule has 1 aliphatic rings. The molecule has 8 nitrogen and oxygen atoms in total. The van der Waals surface area contributed by atoms with Gasteiger partial charge in [-0.2, -0.15) is 0 Å². The Labute approximate surface area is 174 Å². The third kappa shape index (κ3) is 7.05. The lowest BCUT2D eigenvalue weighted by Gasteiger charge is -2.31. The Morgan fingerprint density at radius 1 is 1.17 bits per heavy atom. The molecule has 9 heteroatoms. The zero-order chi connectivity index (χ0) is 21.4. The molecule has 29 heavy (non-hydrogen) atoms. The fourth-order valence-electron chi connectivity index (χ4n) is 2.87. The van der Waals surface area contributed by atoms with Crippen molar-refractivity contribution in [2.24, 2.45) is 5.92 Å². The molecule has 1 heterocycles. The van der Waals surface area contributed by atoms with E-state index in [2.05, 4.69) is 10.6 Å². The Morgan fingerprint density at radius 2 is 1.79 bits per heavy atom. The normalized spacial score (nSPS) is 15.3. The molecule has 0 saturated carbocycles. The number of urea groups is 1. The second-order valence-electron chi connectivity index (χ2n) is 7.01. The molecule has 1 atom stereocenters. The molecule has 0 radical (unpaired) electrons. The van der Waals surface area contributed by atoms with Gasteiger partial charge in [0, 0.05) is 29.7 Å². The number of amides is 4. The average Bonchev–Trinajstić information content (AvgIpc) is 2.72. The number of rotatable bonds is 6. The molecule has 1 saturated heterocycles. The highest BCUT2D eigenvalue weighted by Gasteiger charge is 2.29. The van der Waals surface area contributed by atoms with Crippen molar-refractivity contribution in [1.29, 1.82) is 0 Å². The van der Waals surface area contributed by atoms with Crippen LogP contribution in [0.2, 0.25) is 5.02 Å². The van der Waals surface area contributed by atoms with Crippen molar-refractivity contribution >= 4 is 35.4 Å². The van der Waals surface area contributed by atoms with Crippen molar-refractivity contribution in [2.75, 3.05) is 19.7 Å². The Morgan fingerprint density at radius 3 is 2.38 bits per heavy atom. The molecular formula is C20H26ClN3O5. The Hall–Kier alpha value is -2.61. The summed E-state index contributed by atoms with van der Waals surface area (Å²) in [4.78, 5) is 49.6. The zero-order valence-electron chi connectivity index (χ0n) is 16.6. The first-order valence-electron chi connectivity index (χ1n) is 9.62. The van der Waals surface area contributed by atoms with Gasteiger partial charge in [-0.25, -0.2) is 4.79 Å². The number of hydrogen-bond acceptors (Lipinski definition) is 5. The first-order valence-corrected chi connectivity index (χ1v) is 9.99. The largest absolute Gasteiger partial charge is 0.455 e. The Balaban J connectivity index is 1.72. The van der Waals surface area contributed by atoms with Gasteiger partial charge in [-0.15, -0.1) is 0 Å². The molecule has 1 fully saturated rings. The molecule has 1 aromatic carbocycles. The average molecular weight is 424 g/mol. The molecule has 1 aromatic rings. The van der Waals surface area contributed by atoms with E-state index in [9.17, 15) is 19.2 Å². The number of benzene rings is 1. The number of ether oxygens (including phenoxy) is 1. The summed E-state index contributed by atoms with van der Waals surface area (Å²) in [6, 6.07) is 5.98. The summed E-state index contributed by atoms with van der Waals surface area (Å²) in [7, 11) is 0. The van der Waals surface area contributed by atoms with Gasteiger partial charge in [0.2, 0.25) is 0 Å². The van der Waals surface area contributed by atoms with Gasteiger partial charge in [0.25, 0.3) is 11.8 Å². The van der Waals surface area contributed by atoms with Crippen molar-refractivity contribution in [3.63, 3.8) is 0 Å². The summed E-state index contributed by atoms with van der Waals surface area (Å²) in [5, 5.41) is 5.27. The molecule has 1 aliphatic heterocycles. The molecule has 2 rings (SSSR count). The predicted molar refractivity (Wildman–Crippen MR) is 107 cm³/mol. The van der Waals surface area contributed by atoms with Crippen molar-refractivity contribution in [2.45, 2.75) is 39.2 Å². The minimum Gasteiger partial charge on any atom is -0.455 e. The van der Waals surface area contributed by atoms with E-state index in [-0.39, 0.29) is 17.9 Å². The van der Waals surface area contributed by atoms with Crippen LogP contribution in [0.5, 0.6) is 0 Å². The summed E-state index contributed by atoms with van der Waals surface area (Å²) in [6.45, 7) is 4.04. The SMILES string of the molecule is CC[C@@H](C)NC(=O)NC(=O)COC(=O)C1CCN(C(=O)c2ccc(Cl)cc2)CC1. The van der Waals surface area contributed by atoms with Crippen LogP contribution in [-0.4, -0.2) is 54.5 Å². The van der Waals surface area contributed by atoms with Crippen LogP contribution in [0.3, 0.4) is 0 Å². The maximum absolute atomic E-state index is 12.5. The van der Waals surface area contributed by atoms with Crippen LogP contribution in [0.4, 0.5) is 4.79 Å². The molecular weight excluding hydrogens is 398 g/mol. The minimum absolute atomic E-state index is 0.0638. The summed E-state index contributed by atoms with van der Waals surface area (Å²) >= 11 is 5.84. The number of carbonyl (C=O) groups excluding carboxylic acids is 4. The van der Waals surface area contributed by atoms with Crippen molar-refractivity contribution < 1.29 is 23.9 Å². The molecule has 0 bridgehead atoms. The molecule has 0 spiro atoms. The maximum Gasteiger partial charge on any atom is 0.321 e. The molecule has 4 amide bonds. The van der Waals surface area contributed by atoms with Crippen LogP contribution in [0, 0.1) is 5.92 Å². The topological polar surface area (TPSA) is 105 Å². The summed E-state index contributed by atoms with van der Waals surface area (Å²) < 4.78 is 5.02. The summed E-state index contributed by atoms with van der Waals surface area (Å²) in [6.07, 6.45) is 1.64. The van der Waals surface area contributed by atoms with Crippen LogP contribution in [0.15, 0.2) is 24.3 Å². The van der Waals surface area contributed by atoms with Crippen LogP contribution in [0.25, 0.3) is 0 Å². The number of nitrogens with one attached hydrogen (secondary N) is 2. The van der Waals surface area contributed by atoms with E-state index in [1.54, 1.807) is 29.2 Å².